The number of hydrogen-bond donors (Lipinski definition) is 1. The quantitative estimate of drug-likeness (QED) is 0.887. The van der Waals surface area contributed by atoms with Gasteiger partial charge in [0.2, 0.25) is 0 Å². The standard InChI is InChI=1S/C16H17NO/c1-2-18-15-10-6-5-9-14(15)16-13-8-4-3-7-12(13)11-17-16/h3-10,16-17H,2,11H2,1H3. The minimum Gasteiger partial charge on any atom is -0.494 e. The Morgan fingerprint density at radius 1 is 1.06 bits per heavy atom. The highest BCUT2D eigenvalue weighted by Crippen LogP contribution is 2.35. The van der Waals surface area contributed by atoms with Crippen molar-refractivity contribution in [2.75, 3.05) is 6.61 Å². The van der Waals surface area contributed by atoms with Crippen molar-refractivity contribution in [2.24, 2.45) is 0 Å². The van der Waals surface area contributed by atoms with Crippen molar-refractivity contribution in [1.29, 1.82) is 0 Å². The van der Waals surface area contributed by atoms with Gasteiger partial charge >= 0.3 is 0 Å². The molecule has 1 aliphatic rings. The summed E-state index contributed by atoms with van der Waals surface area (Å²) >= 11 is 0. The summed E-state index contributed by atoms with van der Waals surface area (Å²) in [5.74, 6) is 0.981. The van der Waals surface area contributed by atoms with Crippen LogP contribution >= 0.6 is 0 Å². The summed E-state index contributed by atoms with van der Waals surface area (Å²) in [6.07, 6.45) is 0. The minimum absolute atomic E-state index is 0.254. The predicted octanol–water partition coefficient (Wildman–Crippen LogP) is 3.28. The van der Waals surface area contributed by atoms with Gasteiger partial charge in [-0.05, 0) is 24.1 Å². The van der Waals surface area contributed by atoms with E-state index in [-0.39, 0.29) is 6.04 Å². The lowest BCUT2D eigenvalue weighted by atomic mass is 9.98. The maximum absolute atomic E-state index is 5.72. The van der Waals surface area contributed by atoms with E-state index in [1.807, 2.05) is 19.1 Å². The van der Waals surface area contributed by atoms with Crippen molar-refractivity contribution in [3.63, 3.8) is 0 Å². The van der Waals surface area contributed by atoms with Crippen LogP contribution in [0.1, 0.15) is 29.7 Å². The fraction of sp³-hybridized carbons (Fsp3) is 0.250. The van der Waals surface area contributed by atoms with Gasteiger partial charge in [-0.2, -0.15) is 0 Å². The van der Waals surface area contributed by atoms with Crippen LogP contribution < -0.4 is 10.1 Å². The molecule has 0 saturated heterocycles. The Hall–Kier alpha value is -1.80. The number of para-hydroxylation sites is 1. The molecule has 2 nitrogen and oxygen atoms in total. The van der Waals surface area contributed by atoms with Crippen molar-refractivity contribution < 1.29 is 4.74 Å². The molecule has 0 fully saturated rings. The molecule has 92 valence electrons. The van der Waals surface area contributed by atoms with Gasteiger partial charge in [0.1, 0.15) is 5.75 Å². The third-order valence-electron chi connectivity index (χ3n) is 3.39. The smallest absolute Gasteiger partial charge is 0.124 e. The summed E-state index contributed by atoms with van der Waals surface area (Å²) in [7, 11) is 0. The van der Waals surface area contributed by atoms with E-state index >= 15 is 0 Å². The van der Waals surface area contributed by atoms with Gasteiger partial charge in [-0.3, -0.25) is 0 Å². The van der Waals surface area contributed by atoms with E-state index in [4.69, 9.17) is 4.74 Å². The molecule has 0 amide bonds. The number of fused-ring (bicyclic) bond motifs is 1. The molecule has 1 atom stereocenters. The lowest BCUT2D eigenvalue weighted by Crippen LogP contribution is -2.14. The van der Waals surface area contributed by atoms with Crippen molar-refractivity contribution in [2.45, 2.75) is 19.5 Å². The Kier molecular flexibility index (Phi) is 3.03. The molecule has 18 heavy (non-hydrogen) atoms. The number of nitrogens with one attached hydrogen (secondary N) is 1. The summed E-state index contributed by atoms with van der Waals surface area (Å²) in [5, 5.41) is 3.56. The maximum Gasteiger partial charge on any atom is 0.124 e. The molecule has 0 aromatic heterocycles. The fourth-order valence-corrected chi connectivity index (χ4v) is 2.58. The highest BCUT2D eigenvalue weighted by molar-refractivity contribution is 5.46. The van der Waals surface area contributed by atoms with Crippen molar-refractivity contribution in [1.82, 2.24) is 5.32 Å². The molecule has 1 heterocycles. The normalized spacial score (nSPS) is 17.5. The SMILES string of the molecule is CCOc1ccccc1C1NCc2ccccc21. The number of ether oxygens (including phenoxy) is 1. The molecule has 0 aliphatic carbocycles. The lowest BCUT2D eigenvalue weighted by Gasteiger charge is -2.17. The van der Waals surface area contributed by atoms with E-state index in [1.165, 1.54) is 16.7 Å². The van der Waals surface area contributed by atoms with Crippen molar-refractivity contribution >= 4 is 0 Å². The molecule has 0 radical (unpaired) electrons. The van der Waals surface area contributed by atoms with Crippen LogP contribution in [0.3, 0.4) is 0 Å². The van der Waals surface area contributed by atoms with Crippen LogP contribution in [0.5, 0.6) is 5.75 Å². The maximum atomic E-state index is 5.72. The second-order valence-electron chi connectivity index (χ2n) is 4.48. The van der Waals surface area contributed by atoms with Gasteiger partial charge < -0.3 is 10.1 Å². The molecule has 0 saturated carbocycles. The predicted molar refractivity (Wildman–Crippen MR) is 72.7 cm³/mol. The summed E-state index contributed by atoms with van der Waals surface area (Å²) in [5.41, 5.74) is 3.97. The highest BCUT2D eigenvalue weighted by Gasteiger charge is 2.24. The van der Waals surface area contributed by atoms with E-state index in [0.717, 1.165) is 12.3 Å². The van der Waals surface area contributed by atoms with E-state index in [1.54, 1.807) is 0 Å². The van der Waals surface area contributed by atoms with Gasteiger partial charge in [0.25, 0.3) is 0 Å². The van der Waals surface area contributed by atoms with Crippen LogP contribution in [0, 0.1) is 0 Å². The van der Waals surface area contributed by atoms with Gasteiger partial charge in [-0.1, -0.05) is 42.5 Å². The second-order valence-corrected chi connectivity index (χ2v) is 4.48. The number of benzene rings is 2. The highest BCUT2D eigenvalue weighted by atomic mass is 16.5. The Labute approximate surface area is 108 Å². The monoisotopic (exact) mass is 239 g/mol. The first kappa shape index (κ1) is 11.3. The van der Waals surface area contributed by atoms with Crippen LogP contribution in [0.15, 0.2) is 48.5 Å². The molecule has 3 rings (SSSR count). The molecule has 2 aromatic carbocycles. The zero-order valence-corrected chi connectivity index (χ0v) is 10.5. The zero-order valence-electron chi connectivity index (χ0n) is 10.5. The van der Waals surface area contributed by atoms with Crippen LogP contribution in [0.4, 0.5) is 0 Å². The van der Waals surface area contributed by atoms with Crippen LogP contribution in [-0.2, 0) is 6.54 Å². The first-order chi connectivity index (χ1) is 8.90. The Bertz CT molecular complexity index is 550. The summed E-state index contributed by atoms with van der Waals surface area (Å²) in [6, 6.07) is 17.1. The summed E-state index contributed by atoms with van der Waals surface area (Å²) < 4.78 is 5.72. The minimum atomic E-state index is 0.254. The summed E-state index contributed by atoms with van der Waals surface area (Å²) in [4.78, 5) is 0. The van der Waals surface area contributed by atoms with Crippen LogP contribution in [0.25, 0.3) is 0 Å². The van der Waals surface area contributed by atoms with E-state index in [2.05, 4.69) is 41.7 Å². The Balaban J connectivity index is 2.02. The molecule has 0 spiro atoms. The molecular formula is C16H17NO. The summed E-state index contributed by atoms with van der Waals surface area (Å²) in [6.45, 7) is 3.65. The third kappa shape index (κ3) is 1.89. The largest absolute Gasteiger partial charge is 0.494 e. The first-order valence-electron chi connectivity index (χ1n) is 6.43. The average molecular weight is 239 g/mol. The Morgan fingerprint density at radius 2 is 1.78 bits per heavy atom. The molecule has 1 aliphatic heterocycles. The number of hydrogen-bond acceptors (Lipinski definition) is 2. The lowest BCUT2D eigenvalue weighted by molar-refractivity contribution is 0.334. The van der Waals surface area contributed by atoms with Crippen molar-refractivity contribution in [3.8, 4) is 5.75 Å². The van der Waals surface area contributed by atoms with Gasteiger partial charge in [0.05, 0.1) is 12.6 Å². The molecule has 1 unspecified atom stereocenters. The topological polar surface area (TPSA) is 21.3 Å². The van der Waals surface area contributed by atoms with E-state index in [0.29, 0.717) is 6.61 Å². The van der Waals surface area contributed by atoms with E-state index < -0.39 is 0 Å². The van der Waals surface area contributed by atoms with Gasteiger partial charge in [0.15, 0.2) is 0 Å². The number of rotatable bonds is 3. The first-order valence-corrected chi connectivity index (χ1v) is 6.43. The molecule has 2 heteroatoms. The van der Waals surface area contributed by atoms with Crippen molar-refractivity contribution in [3.05, 3.63) is 65.2 Å². The second kappa shape index (κ2) is 4.83. The van der Waals surface area contributed by atoms with Gasteiger partial charge in [0, 0.05) is 12.1 Å². The van der Waals surface area contributed by atoms with E-state index in [9.17, 15) is 0 Å². The third-order valence-corrected chi connectivity index (χ3v) is 3.39. The molecule has 2 aromatic rings. The zero-order chi connectivity index (χ0) is 12.4. The average Bonchev–Trinajstić information content (AvgIpc) is 2.84. The molecule has 0 bridgehead atoms. The van der Waals surface area contributed by atoms with Gasteiger partial charge in [-0.25, -0.2) is 0 Å². The van der Waals surface area contributed by atoms with Crippen LogP contribution in [0.2, 0.25) is 0 Å². The molecular weight excluding hydrogens is 222 g/mol. The Morgan fingerprint density at radius 3 is 2.61 bits per heavy atom. The van der Waals surface area contributed by atoms with Gasteiger partial charge in [-0.15, -0.1) is 0 Å². The fourth-order valence-electron chi connectivity index (χ4n) is 2.58. The molecule has 1 N–H and O–H groups in total. The van der Waals surface area contributed by atoms with Crippen LogP contribution in [-0.4, -0.2) is 6.61 Å².